The molecule has 1 aliphatic rings. The van der Waals surface area contributed by atoms with E-state index in [2.05, 4.69) is 0 Å². The highest BCUT2D eigenvalue weighted by Crippen LogP contribution is 2.36. The number of halogens is 1. The number of hydrogen-bond donors (Lipinski definition) is 0. The van der Waals surface area contributed by atoms with Gasteiger partial charge in [-0.25, -0.2) is 9.29 Å². The average molecular weight is 313 g/mol. The molecule has 0 N–H and O–H groups in total. The summed E-state index contributed by atoms with van der Waals surface area (Å²) in [5.41, 5.74) is 1.77. The smallest absolute Gasteiger partial charge is 0.268 e. The molecule has 3 nitrogen and oxygen atoms in total. The summed E-state index contributed by atoms with van der Waals surface area (Å²) in [7, 11) is 0. The lowest BCUT2D eigenvalue weighted by Crippen LogP contribution is -2.27. The molecule has 2 aromatic carbocycles. The molecule has 0 saturated carbocycles. The summed E-state index contributed by atoms with van der Waals surface area (Å²) in [6.07, 6.45) is 1.41. The topological polar surface area (TPSA) is 37.4 Å². The summed E-state index contributed by atoms with van der Waals surface area (Å²) in [5.74, 6) is -0.853. The number of nitrogens with zero attached hydrogens (tertiary/aromatic N) is 1. The van der Waals surface area contributed by atoms with Gasteiger partial charge in [-0.3, -0.25) is 9.59 Å². The normalized spacial score (nSPS) is 16.6. The number of benzene rings is 2. The van der Waals surface area contributed by atoms with Crippen molar-refractivity contribution in [3.8, 4) is 0 Å². The van der Waals surface area contributed by atoms with Crippen molar-refractivity contribution in [1.29, 1.82) is 0 Å². The van der Waals surface area contributed by atoms with Crippen LogP contribution in [0.25, 0.3) is 6.08 Å². The molecule has 1 aliphatic heterocycles. The van der Waals surface area contributed by atoms with E-state index in [1.165, 1.54) is 12.1 Å². The van der Waals surface area contributed by atoms with Gasteiger partial charge in [0.2, 0.25) is 0 Å². The molecule has 1 heterocycles. The first-order valence-corrected chi connectivity index (χ1v) is 7.47. The molecule has 110 valence electrons. The number of imide groups is 1. The van der Waals surface area contributed by atoms with Crippen LogP contribution < -0.4 is 4.90 Å². The number of carbonyl (C=O) groups is 2. The summed E-state index contributed by atoms with van der Waals surface area (Å²) in [6.45, 7) is 1.89. The predicted octanol–water partition coefficient (Wildman–Crippen LogP) is 4.38. The van der Waals surface area contributed by atoms with Gasteiger partial charge in [-0.05, 0) is 48.5 Å². The SMILES string of the molecule is Cc1cccc(N2C(=O)S/C(=C\c3ccccc3F)C2=O)c1. The van der Waals surface area contributed by atoms with Crippen molar-refractivity contribution in [3.05, 3.63) is 70.4 Å². The van der Waals surface area contributed by atoms with Crippen LogP contribution in [0.3, 0.4) is 0 Å². The van der Waals surface area contributed by atoms with Crippen molar-refractivity contribution in [2.24, 2.45) is 0 Å². The van der Waals surface area contributed by atoms with Crippen LogP contribution in [0.2, 0.25) is 0 Å². The molecular weight excluding hydrogens is 301 g/mol. The predicted molar refractivity (Wildman–Crippen MR) is 86.0 cm³/mol. The maximum atomic E-state index is 13.7. The van der Waals surface area contributed by atoms with E-state index < -0.39 is 11.7 Å². The maximum Gasteiger partial charge on any atom is 0.298 e. The van der Waals surface area contributed by atoms with Crippen molar-refractivity contribution in [1.82, 2.24) is 0 Å². The highest BCUT2D eigenvalue weighted by atomic mass is 32.2. The van der Waals surface area contributed by atoms with Crippen molar-refractivity contribution in [2.45, 2.75) is 6.92 Å². The van der Waals surface area contributed by atoms with Gasteiger partial charge in [-0.1, -0.05) is 30.3 Å². The van der Waals surface area contributed by atoms with Gasteiger partial charge in [-0.15, -0.1) is 0 Å². The van der Waals surface area contributed by atoms with Gasteiger partial charge in [0, 0.05) is 5.56 Å². The molecule has 2 aromatic rings. The lowest BCUT2D eigenvalue weighted by molar-refractivity contribution is -0.113. The van der Waals surface area contributed by atoms with E-state index in [9.17, 15) is 14.0 Å². The van der Waals surface area contributed by atoms with E-state index >= 15 is 0 Å². The fraction of sp³-hybridized carbons (Fsp3) is 0.0588. The van der Waals surface area contributed by atoms with Gasteiger partial charge in [0.15, 0.2) is 0 Å². The Morgan fingerprint density at radius 2 is 1.86 bits per heavy atom. The summed E-state index contributed by atoms with van der Waals surface area (Å²) in [5, 5.41) is -0.377. The molecule has 0 radical (unpaired) electrons. The van der Waals surface area contributed by atoms with E-state index in [0.29, 0.717) is 5.69 Å². The van der Waals surface area contributed by atoms with Gasteiger partial charge >= 0.3 is 0 Å². The Hall–Kier alpha value is -2.40. The van der Waals surface area contributed by atoms with Crippen molar-refractivity contribution in [2.75, 3.05) is 4.90 Å². The minimum atomic E-state index is -0.427. The minimum absolute atomic E-state index is 0.219. The van der Waals surface area contributed by atoms with Crippen LogP contribution in [-0.4, -0.2) is 11.1 Å². The summed E-state index contributed by atoms with van der Waals surface area (Å²) >= 11 is 0.818. The van der Waals surface area contributed by atoms with E-state index in [1.807, 2.05) is 13.0 Å². The number of amides is 2. The number of hydrogen-bond acceptors (Lipinski definition) is 3. The minimum Gasteiger partial charge on any atom is -0.268 e. The molecule has 2 amide bonds. The second-order valence-electron chi connectivity index (χ2n) is 4.88. The van der Waals surface area contributed by atoms with Crippen molar-refractivity contribution >= 4 is 34.7 Å². The summed E-state index contributed by atoms with van der Waals surface area (Å²) < 4.78 is 13.7. The Labute approximate surface area is 131 Å². The second kappa shape index (κ2) is 5.77. The molecule has 0 unspecified atom stereocenters. The van der Waals surface area contributed by atoms with Crippen LogP contribution in [0.15, 0.2) is 53.4 Å². The zero-order chi connectivity index (χ0) is 15.7. The molecule has 0 spiro atoms. The first-order valence-electron chi connectivity index (χ1n) is 6.65. The molecule has 0 aromatic heterocycles. The van der Waals surface area contributed by atoms with Gasteiger partial charge in [0.25, 0.3) is 11.1 Å². The molecule has 1 fully saturated rings. The third-order valence-corrected chi connectivity index (χ3v) is 4.11. The monoisotopic (exact) mass is 313 g/mol. The zero-order valence-corrected chi connectivity index (χ0v) is 12.6. The maximum absolute atomic E-state index is 13.7. The standard InChI is InChI=1S/C17H12FNO2S/c1-11-5-4-7-13(9-11)19-16(20)15(22-17(19)21)10-12-6-2-3-8-14(12)18/h2-10H,1H3/b15-10-. The lowest BCUT2D eigenvalue weighted by atomic mass is 10.2. The van der Waals surface area contributed by atoms with Crippen LogP contribution in [0.4, 0.5) is 14.9 Å². The zero-order valence-electron chi connectivity index (χ0n) is 11.7. The summed E-state index contributed by atoms with van der Waals surface area (Å²) in [4.78, 5) is 25.9. The highest BCUT2D eigenvalue weighted by molar-refractivity contribution is 8.19. The Balaban J connectivity index is 1.97. The van der Waals surface area contributed by atoms with Crippen LogP contribution >= 0.6 is 11.8 Å². The largest absolute Gasteiger partial charge is 0.298 e. The van der Waals surface area contributed by atoms with Crippen LogP contribution in [-0.2, 0) is 4.79 Å². The van der Waals surface area contributed by atoms with E-state index in [4.69, 9.17) is 0 Å². The van der Waals surface area contributed by atoms with Gasteiger partial charge < -0.3 is 0 Å². The molecule has 3 rings (SSSR count). The van der Waals surface area contributed by atoms with E-state index in [-0.39, 0.29) is 15.7 Å². The first-order chi connectivity index (χ1) is 10.6. The molecular formula is C17H12FNO2S. The van der Waals surface area contributed by atoms with Crippen molar-refractivity contribution < 1.29 is 14.0 Å². The highest BCUT2D eigenvalue weighted by Gasteiger charge is 2.36. The number of thioether (sulfide) groups is 1. The quantitative estimate of drug-likeness (QED) is 0.772. The molecule has 5 heteroatoms. The van der Waals surface area contributed by atoms with E-state index in [0.717, 1.165) is 22.2 Å². The summed E-state index contributed by atoms with van der Waals surface area (Å²) in [6, 6.07) is 13.3. The number of rotatable bonds is 2. The molecule has 22 heavy (non-hydrogen) atoms. The third kappa shape index (κ3) is 2.67. The Morgan fingerprint density at radius 3 is 2.59 bits per heavy atom. The third-order valence-electron chi connectivity index (χ3n) is 3.25. The Bertz CT molecular complexity index is 801. The number of anilines is 1. The molecule has 0 aliphatic carbocycles. The van der Waals surface area contributed by atoms with Gasteiger partial charge in [0.05, 0.1) is 10.6 Å². The fourth-order valence-corrected chi connectivity index (χ4v) is 3.02. The van der Waals surface area contributed by atoms with Gasteiger partial charge in [-0.2, -0.15) is 0 Å². The fourth-order valence-electron chi connectivity index (χ4n) is 2.19. The first kappa shape index (κ1) is 14.5. The lowest BCUT2D eigenvalue weighted by Gasteiger charge is -2.12. The number of aryl methyl sites for hydroxylation is 1. The molecule has 1 saturated heterocycles. The van der Waals surface area contributed by atoms with Crippen LogP contribution in [0, 0.1) is 12.7 Å². The van der Waals surface area contributed by atoms with E-state index in [1.54, 1.807) is 36.4 Å². The second-order valence-corrected chi connectivity index (χ2v) is 5.87. The van der Waals surface area contributed by atoms with Crippen molar-refractivity contribution in [3.63, 3.8) is 0 Å². The van der Waals surface area contributed by atoms with Crippen LogP contribution in [0.1, 0.15) is 11.1 Å². The Kier molecular flexibility index (Phi) is 3.81. The Morgan fingerprint density at radius 1 is 1.09 bits per heavy atom. The van der Waals surface area contributed by atoms with Crippen LogP contribution in [0.5, 0.6) is 0 Å². The van der Waals surface area contributed by atoms with Gasteiger partial charge in [0.1, 0.15) is 5.82 Å². The molecule has 0 atom stereocenters. The molecule has 0 bridgehead atoms. The number of carbonyl (C=O) groups excluding carboxylic acids is 2. The average Bonchev–Trinajstić information content (AvgIpc) is 2.76.